The van der Waals surface area contributed by atoms with Gasteiger partial charge in [0.15, 0.2) is 0 Å². The minimum absolute atomic E-state index is 0.347. The van der Waals surface area contributed by atoms with Crippen LogP contribution in [0.15, 0.2) is 24.3 Å². The molecule has 1 N–H and O–H groups in total. The number of benzene rings is 1. The lowest BCUT2D eigenvalue weighted by Crippen LogP contribution is -2.46. The molecule has 2 fully saturated rings. The zero-order valence-corrected chi connectivity index (χ0v) is 15.7. The van der Waals surface area contributed by atoms with E-state index >= 15 is 0 Å². The molecule has 24 heavy (non-hydrogen) atoms. The van der Waals surface area contributed by atoms with Crippen LogP contribution in [0.4, 0.5) is 0 Å². The predicted molar refractivity (Wildman–Crippen MR) is 101 cm³/mol. The van der Waals surface area contributed by atoms with E-state index in [2.05, 4.69) is 55.5 Å². The first-order chi connectivity index (χ1) is 11.6. The first-order valence-electron chi connectivity index (χ1n) is 9.75. The van der Waals surface area contributed by atoms with Crippen molar-refractivity contribution in [1.82, 2.24) is 10.2 Å². The summed E-state index contributed by atoms with van der Waals surface area (Å²) in [6.07, 6.45) is 9.32. The Morgan fingerprint density at radius 2 is 2.00 bits per heavy atom. The van der Waals surface area contributed by atoms with Gasteiger partial charge in [0.1, 0.15) is 11.9 Å². The van der Waals surface area contributed by atoms with Crippen molar-refractivity contribution in [2.75, 3.05) is 27.2 Å². The van der Waals surface area contributed by atoms with Crippen LogP contribution in [-0.4, -0.2) is 43.7 Å². The Kier molecular flexibility index (Phi) is 5.83. The molecule has 0 radical (unpaired) electrons. The third-order valence-corrected chi connectivity index (χ3v) is 6.38. The van der Waals surface area contributed by atoms with Gasteiger partial charge in [-0.3, -0.25) is 0 Å². The maximum Gasteiger partial charge on any atom is 0.120 e. The van der Waals surface area contributed by atoms with Crippen molar-refractivity contribution in [3.05, 3.63) is 29.8 Å². The largest absolute Gasteiger partial charge is 0.489 e. The smallest absolute Gasteiger partial charge is 0.120 e. The van der Waals surface area contributed by atoms with E-state index in [-0.39, 0.29) is 0 Å². The van der Waals surface area contributed by atoms with Crippen LogP contribution in [0.25, 0.3) is 0 Å². The highest BCUT2D eigenvalue weighted by Gasteiger charge is 2.35. The van der Waals surface area contributed by atoms with Gasteiger partial charge in [-0.25, -0.2) is 0 Å². The van der Waals surface area contributed by atoms with Gasteiger partial charge >= 0.3 is 0 Å². The fourth-order valence-corrected chi connectivity index (χ4v) is 4.54. The Bertz CT molecular complexity index is 514. The van der Waals surface area contributed by atoms with Crippen LogP contribution in [0.3, 0.4) is 0 Å². The fourth-order valence-electron chi connectivity index (χ4n) is 4.54. The van der Waals surface area contributed by atoms with Crippen molar-refractivity contribution in [1.29, 1.82) is 0 Å². The number of ether oxygens (including phenoxy) is 1. The average molecular weight is 331 g/mol. The summed E-state index contributed by atoms with van der Waals surface area (Å²) in [5.74, 6) is 1.88. The fraction of sp³-hybridized carbons (Fsp3) is 0.714. The lowest BCUT2D eigenvalue weighted by Gasteiger charge is -2.44. The van der Waals surface area contributed by atoms with Crippen molar-refractivity contribution in [3.63, 3.8) is 0 Å². The topological polar surface area (TPSA) is 24.5 Å². The SMILES string of the molecule is CCC1(N(C)C)CCC(Cc2cccc(O[C@H]3CCNC3)c2)CC1. The molecule has 1 aliphatic carbocycles. The van der Waals surface area contributed by atoms with Gasteiger partial charge in [-0.15, -0.1) is 0 Å². The second-order valence-corrected chi connectivity index (χ2v) is 8.00. The monoisotopic (exact) mass is 330 g/mol. The first-order valence-corrected chi connectivity index (χ1v) is 9.75. The highest BCUT2D eigenvalue weighted by atomic mass is 16.5. The van der Waals surface area contributed by atoms with Crippen LogP contribution < -0.4 is 10.1 Å². The molecular formula is C21H34N2O. The molecule has 3 heteroatoms. The number of rotatable bonds is 6. The minimum atomic E-state index is 0.347. The van der Waals surface area contributed by atoms with Gasteiger partial charge in [0.25, 0.3) is 0 Å². The molecule has 0 aromatic heterocycles. The third-order valence-electron chi connectivity index (χ3n) is 6.38. The van der Waals surface area contributed by atoms with Gasteiger partial charge in [0, 0.05) is 12.1 Å². The van der Waals surface area contributed by atoms with E-state index in [9.17, 15) is 0 Å². The Labute approximate surface area is 147 Å². The molecule has 0 spiro atoms. The molecule has 1 aliphatic heterocycles. The summed E-state index contributed by atoms with van der Waals surface area (Å²) in [7, 11) is 4.50. The number of hydrogen-bond donors (Lipinski definition) is 1. The normalized spacial score (nSPS) is 30.7. The van der Waals surface area contributed by atoms with Crippen molar-refractivity contribution < 1.29 is 4.74 Å². The Hall–Kier alpha value is -1.06. The molecule has 3 nitrogen and oxygen atoms in total. The quantitative estimate of drug-likeness (QED) is 0.857. The molecule has 1 atom stereocenters. The average Bonchev–Trinajstić information content (AvgIpc) is 3.09. The lowest BCUT2D eigenvalue weighted by molar-refractivity contribution is 0.0754. The highest BCUT2D eigenvalue weighted by molar-refractivity contribution is 5.29. The van der Waals surface area contributed by atoms with Crippen LogP contribution in [0.2, 0.25) is 0 Å². The highest BCUT2D eigenvalue weighted by Crippen LogP contribution is 2.39. The van der Waals surface area contributed by atoms with Crippen LogP contribution in [0.1, 0.15) is 51.0 Å². The van der Waals surface area contributed by atoms with Crippen LogP contribution >= 0.6 is 0 Å². The van der Waals surface area contributed by atoms with Crippen LogP contribution in [0, 0.1) is 5.92 Å². The zero-order chi connectivity index (χ0) is 17.0. The molecule has 1 saturated carbocycles. The Morgan fingerprint density at radius 1 is 1.21 bits per heavy atom. The summed E-state index contributed by atoms with van der Waals surface area (Å²) >= 11 is 0. The third kappa shape index (κ3) is 4.12. The lowest BCUT2D eigenvalue weighted by atomic mass is 9.73. The second kappa shape index (κ2) is 7.88. The molecule has 0 bridgehead atoms. The van der Waals surface area contributed by atoms with Crippen LogP contribution in [0.5, 0.6) is 5.75 Å². The van der Waals surface area contributed by atoms with Gasteiger partial charge in [-0.05, 0) is 89.2 Å². The molecule has 1 saturated heterocycles. The van der Waals surface area contributed by atoms with Gasteiger partial charge < -0.3 is 15.0 Å². The van der Waals surface area contributed by atoms with Crippen molar-refractivity contribution in [2.45, 2.75) is 63.5 Å². The second-order valence-electron chi connectivity index (χ2n) is 8.00. The van der Waals surface area contributed by atoms with E-state index in [1.807, 2.05) is 0 Å². The molecule has 2 aliphatic rings. The standard InChI is InChI=1S/C21H34N2O/c1-4-21(23(2)3)11-8-17(9-12-21)14-18-6-5-7-19(15-18)24-20-10-13-22-16-20/h5-7,15,17,20,22H,4,8-14,16H2,1-3H3/t17?,20-,21?/m0/s1. The summed E-state index contributed by atoms with van der Waals surface area (Å²) in [5, 5.41) is 3.37. The van der Waals surface area contributed by atoms with Gasteiger partial charge in [0.2, 0.25) is 0 Å². The summed E-state index contributed by atoms with van der Waals surface area (Å²) in [6.45, 7) is 4.41. The van der Waals surface area contributed by atoms with E-state index in [0.717, 1.165) is 31.2 Å². The molecule has 0 amide bonds. The maximum atomic E-state index is 6.12. The molecule has 1 aromatic rings. The van der Waals surface area contributed by atoms with Gasteiger partial charge in [-0.1, -0.05) is 19.1 Å². The molecule has 0 unspecified atom stereocenters. The molecular weight excluding hydrogens is 296 g/mol. The van der Waals surface area contributed by atoms with E-state index in [4.69, 9.17) is 4.74 Å². The predicted octanol–water partition coefficient (Wildman–Crippen LogP) is 3.87. The van der Waals surface area contributed by atoms with E-state index in [1.165, 1.54) is 44.1 Å². The molecule has 1 aromatic carbocycles. The number of nitrogens with one attached hydrogen (secondary N) is 1. The Morgan fingerprint density at radius 3 is 2.62 bits per heavy atom. The van der Waals surface area contributed by atoms with Crippen LogP contribution in [-0.2, 0) is 6.42 Å². The van der Waals surface area contributed by atoms with Gasteiger partial charge in [-0.2, -0.15) is 0 Å². The van der Waals surface area contributed by atoms with Crippen molar-refractivity contribution in [3.8, 4) is 5.75 Å². The zero-order valence-electron chi connectivity index (χ0n) is 15.7. The summed E-state index contributed by atoms with van der Waals surface area (Å²) in [4.78, 5) is 2.47. The summed E-state index contributed by atoms with van der Waals surface area (Å²) in [5.41, 5.74) is 1.88. The van der Waals surface area contributed by atoms with Gasteiger partial charge in [0.05, 0.1) is 0 Å². The minimum Gasteiger partial charge on any atom is -0.489 e. The van der Waals surface area contributed by atoms with E-state index in [1.54, 1.807) is 0 Å². The van der Waals surface area contributed by atoms with Crippen molar-refractivity contribution in [2.24, 2.45) is 5.92 Å². The Balaban J connectivity index is 1.55. The van der Waals surface area contributed by atoms with E-state index < -0.39 is 0 Å². The summed E-state index contributed by atoms with van der Waals surface area (Å²) < 4.78 is 6.12. The maximum absolute atomic E-state index is 6.12. The first kappa shape index (κ1) is 17.8. The van der Waals surface area contributed by atoms with E-state index in [0.29, 0.717) is 11.6 Å². The summed E-state index contributed by atoms with van der Waals surface area (Å²) in [6, 6.07) is 8.81. The van der Waals surface area contributed by atoms with Crippen molar-refractivity contribution >= 4 is 0 Å². The number of hydrogen-bond acceptors (Lipinski definition) is 3. The molecule has 1 heterocycles. The molecule has 3 rings (SSSR count). The molecule has 134 valence electrons. The number of nitrogens with zero attached hydrogens (tertiary/aromatic N) is 1.